The molecule has 1 aromatic heterocycles. The van der Waals surface area contributed by atoms with Crippen LogP contribution in [0.1, 0.15) is 18.5 Å². The maximum atomic E-state index is 12.4. The molecular weight excluding hydrogens is 230 g/mol. The van der Waals surface area contributed by atoms with Gasteiger partial charge in [0.05, 0.1) is 16.8 Å². The Hall–Kier alpha value is -1.46. The quantitative estimate of drug-likeness (QED) is 0.840. The number of anilines is 1. The van der Waals surface area contributed by atoms with E-state index in [2.05, 4.69) is 10.3 Å². The number of aryl methyl sites for hydroxylation is 1. The zero-order valence-corrected chi connectivity index (χ0v) is 10.6. The van der Waals surface area contributed by atoms with E-state index in [1.165, 1.54) is 0 Å². The number of aromatic nitrogens is 1. The number of rotatable bonds is 3. The van der Waals surface area contributed by atoms with Crippen LogP contribution in [0.2, 0.25) is 0 Å². The number of pyridine rings is 1. The number of ether oxygens (including phenoxy) is 1. The number of nitrogens with zero attached hydrogens (tertiary/aromatic N) is 1. The van der Waals surface area contributed by atoms with Crippen LogP contribution in [0.15, 0.2) is 18.3 Å². The van der Waals surface area contributed by atoms with Crippen molar-refractivity contribution < 1.29 is 9.53 Å². The van der Waals surface area contributed by atoms with Crippen molar-refractivity contribution in [1.29, 1.82) is 0 Å². The van der Waals surface area contributed by atoms with Crippen molar-refractivity contribution in [3.63, 3.8) is 0 Å². The maximum Gasteiger partial charge on any atom is 0.232 e. The molecule has 98 valence electrons. The molecule has 0 aromatic carbocycles. The summed E-state index contributed by atoms with van der Waals surface area (Å²) in [4.78, 5) is 16.6. The lowest BCUT2D eigenvalue weighted by Gasteiger charge is -2.34. The van der Waals surface area contributed by atoms with E-state index in [1.807, 2.05) is 19.1 Å². The molecule has 1 saturated heterocycles. The Morgan fingerprint density at radius 3 is 2.89 bits per heavy atom. The average Bonchev–Trinajstić information content (AvgIpc) is 2.42. The number of amides is 1. The molecule has 1 amide bonds. The fraction of sp³-hybridized carbons (Fsp3) is 0.538. The van der Waals surface area contributed by atoms with E-state index in [0.29, 0.717) is 32.6 Å². The van der Waals surface area contributed by atoms with Crippen molar-refractivity contribution in [3.05, 3.63) is 24.0 Å². The van der Waals surface area contributed by atoms with Crippen LogP contribution >= 0.6 is 0 Å². The van der Waals surface area contributed by atoms with Gasteiger partial charge in [0, 0.05) is 26.0 Å². The molecule has 1 aliphatic heterocycles. The van der Waals surface area contributed by atoms with Gasteiger partial charge in [-0.2, -0.15) is 0 Å². The fourth-order valence-electron chi connectivity index (χ4n) is 2.16. The van der Waals surface area contributed by atoms with Gasteiger partial charge in [-0.15, -0.1) is 0 Å². The van der Waals surface area contributed by atoms with Gasteiger partial charge in [-0.25, -0.2) is 0 Å². The zero-order valence-electron chi connectivity index (χ0n) is 10.6. The predicted molar refractivity (Wildman–Crippen MR) is 69.1 cm³/mol. The molecule has 5 heteroatoms. The fourth-order valence-corrected chi connectivity index (χ4v) is 2.16. The largest absolute Gasteiger partial charge is 0.381 e. The SMILES string of the molecule is Cc1ncccc1NC(=O)C1(CN)CCOCC1. The lowest BCUT2D eigenvalue weighted by Crippen LogP contribution is -2.46. The van der Waals surface area contributed by atoms with Crippen molar-refractivity contribution in [2.75, 3.05) is 25.1 Å². The Balaban J connectivity index is 2.13. The van der Waals surface area contributed by atoms with E-state index in [1.54, 1.807) is 6.20 Å². The molecule has 1 aliphatic rings. The second-order valence-electron chi connectivity index (χ2n) is 4.69. The van der Waals surface area contributed by atoms with Crippen molar-refractivity contribution in [1.82, 2.24) is 4.98 Å². The highest BCUT2D eigenvalue weighted by Crippen LogP contribution is 2.31. The van der Waals surface area contributed by atoms with Gasteiger partial charge in [-0.3, -0.25) is 9.78 Å². The van der Waals surface area contributed by atoms with Crippen LogP contribution in [-0.2, 0) is 9.53 Å². The van der Waals surface area contributed by atoms with Gasteiger partial charge < -0.3 is 15.8 Å². The normalized spacial score (nSPS) is 18.3. The highest BCUT2D eigenvalue weighted by Gasteiger charge is 2.38. The molecule has 0 radical (unpaired) electrons. The van der Waals surface area contributed by atoms with Crippen molar-refractivity contribution in [2.24, 2.45) is 11.1 Å². The van der Waals surface area contributed by atoms with Crippen LogP contribution in [-0.4, -0.2) is 30.6 Å². The second-order valence-corrected chi connectivity index (χ2v) is 4.69. The molecule has 0 unspecified atom stereocenters. The number of nitrogens with two attached hydrogens (primary N) is 1. The Morgan fingerprint density at radius 2 is 2.28 bits per heavy atom. The van der Waals surface area contributed by atoms with Gasteiger partial charge >= 0.3 is 0 Å². The molecule has 0 saturated carbocycles. The Kier molecular flexibility index (Phi) is 3.93. The van der Waals surface area contributed by atoms with Crippen LogP contribution in [0.4, 0.5) is 5.69 Å². The van der Waals surface area contributed by atoms with Gasteiger partial charge in [-0.1, -0.05) is 0 Å². The first-order valence-electron chi connectivity index (χ1n) is 6.19. The Morgan fingerprint density at radius 1 is 1.56 bits per heavy atom. The van der Waals surface area contributed by atoms with Crippen LogP contribution < -0.4 is 11.1 Å². The smallest absolute Gasteiger partial charge is 0.232 e. The topological polar surface area (TPSA) is 77.2 Å². The third kappa shape index (κ3) is 2.52. The summed E-state index contributed by atoms with van der Waals surface area (Å²) in [7, 11) is 0. The number of nitrogens with one attached hydrogen (secondary N) is 1. The first-order valence-corrected chi connectivity index (χ1v) is 6.19. The number of hydrogen-bond acceptors (Lipinski definition) is 4. The average molecular weight is 249 g/mol. The molecule has 5 nitrogen and oxygen atoms in total. The van der Waals surface area contributed by atoms with Crippen LogP contribution in [0, 0.1) is 12.3 Å². The molecular formula is C13H19N3O2. The first-order chi connectivity index (χ1) is 8.68. The number of carbonyl (C=O) groups is 1. The number of carbonyl (C=O) groups excluding carboxylic acids is 1. The van der Waals surface area contributed by atoms with Gasteiger partial charge in [0.1, 0.15) is 0 Å². The Bertz CT molecular complexity index is 428. The van der Waals surface area contributed by atoms with E-state index >= 15 is 0 Å². The van der Waals surface area contributed by atoms with Crippen LogP contribution in [0.3, 0.4) is 0 Å². The molecule has 0 bridgehead atoms. The minimum Gasteiger partial charge on any atom is -0.381 e. The standard InChI is InChI=1S/C13H19N3O2/c1-10-11(3-2-6-15-10)16-12(17)13(9-14)4-7-18-8-5-13/h2-3,6H,4-5,7-9,14H2,1H3,(H,16,17). The van der Waals surface area contributed by atoms with Gasteiger partial charge in [0.15, 0.2) is 0 Å². The summed E-state index contributed by atoms with van der Waals surface area (Å²) in [5.74, 6) is -0.0237. The van der Waals surface area contributed by atoms with E-state index in [9.17, 15) is 4.79 Å². The van der Waals surface area contributed by atoms with Crippen molar-refractivity contribution >= 4 is 11.6 Å². The molecule has 2 rings (SSSR count). The molecule has 0 aliphatic carbocycles. The molecule has 0 atom stereocenters. The lowest BCUT2D eigenvalue weighted by molar-refractivity contribution is -0.130. The molecule has 1 aromatic rings. The van der Waals surface area contributed by atoms with Gasteiger partial charge in [0.25, 0.3) is 0 Å². The predicted octanol–water partition coefficient (Wildman–Crippen LogP) is 1.08. The second kappa shape index (κ2) is 5.46. The highest BCUT2D eigenvalue weighted by molar-refractivity contribution is 5.96. The highest BCUT2D eigenvalue weighted by atomic mass is 16.5. The van der Waals surface area contributed by atoms with Gasteiger partial charge in [0.2, 0.25) is 5.91 Å². The zero-order chi connectivity index (χ0) is 13.0. The monoisotopic (exact) mass is 249 g/mol. The lowest BCUT2D eigenvalue weighted by atomic mass is 9.79. The summed E-state index contributed by atoms with van der Waals surface area (Å²) in [6.07, 6.45) is 3.06. The number of hydrogen-bond donors (Lipinski definition) is 2. The first kappa shape index (κ1) is 13.0. The van der Waals surface area contributed by atoms with E-state index in [0.717, 1.165) is 11.4 Å². The minimum absolute atomic E-state index is 0.0237. The summed E-state index contributed by atoms with van der Waals surface area (Å²) >= 11 is 0. The summed E-state index contributed by atoms with van der Waals surface area (Å²) in [5.41, 5.74) is 6.86. The molecule has 18 heavy (non-hydrogen) atoms. The minimum atomic E-state index is -0.499. The Labute approximate surface area is 107 Å². The molecule has 2 heterocycles. The summed E-state index contributed by atoms with van der Waals surface area (Å²) < 4.78 is 5.30. The van der Waals surface area contributed by atoms with Gasteiger partial charge in [-0.05, 0) is 31.9 Å². The molecule has 0 spiro atoms. The molecule has 1 fully saturated rings. The maximum absolute atomic E-state index is 12.4. The van der Waals surface area contributed by atoms with Crippen LogP contribution in [0.25, 0.3) is 0 Å². The van der Waals surface area contributed by atoms with E-state index in [-0.39, 0.29) is 5.91 Å². The van der Waals surface area contributed by atoms with Crippen molar-refractivity contribution in [2.45, 2.75) is 19.8 Å². The van der Waals surface area contributed by atoms with Crippen molar-refractivity contribution in [3.8, 4) is 0 Å². The third-order valence-corrected chi connectivity index (χ3v) is 3.58. The summed E-state index contributed by atoms with van der Waals surface area (Å²) in [6, 6.07) is 3.66. The third-order valence-electron chi connectivity index (χ3n) is 3.58. The van der Waals surface area contributed by atoms with E-state index in [4.69, 9.17) is 10.5 Å². The summed E-state index contributed by atoms with van der Waals surface area (Å²) in [5, 5.41) is 2.93. The summed E-state index contributed by atoms with van der Waals surface area (Å²) in [6.45, 7) is 3.41. The van der Waals surface area contributed by atoms with Crippen LogP contribution in [0.5, 0.6) is 0 Å². The molecule has 3 N–H and O–H groups in total. The van der Waals surface area contributed by atoms with E-state index < -0.39 is 5.41 Å².